The van der Waals surface area contributed by atoms with Crippen molar-refractivity contribution in [2.24, 2.45) is 0 Å². The monoisotopic (exact) mass is 446 g/mol. The van der Waals surface area contributed by atoms with E-state index in [0.29, 0.717) is 22.6 Å². The summed E-state index contributed by atoms with van der Waals surface area (Å²) >= 11 is 6.02. The van der Waals surface area contributed by atoms with Crippen molar-refractivity contribution in [3.8, 4) is 0 Å². The van der Waals surface area contributed by atoms with Crippen LogP contribution in [0.25, 0.3) is 0 Å². The molecule has 0 bridgehead atoms. The Bertz CT molecular complexity index is 850. The molecule has 0 aliphatic rings. The van der Waals surface area contributed by atoms with Gasteiger partial charge in [-0.25, -0.2) is 4.79 Å². The van der Waals surface area contributed by atoms with Gasteiger partial charge in [0.2, 0.25) is 6.79 Å². The van der Waals surface area contributed by atoms with E-state index in [9.17, 15) is 19.5 Å². The summed E-state index contributed by atoms with van der Waals surface area (Å²) in [5, 5.41) is 12.6. The van der Waals surface area contributed by atoms with Crippen LogP contribution in [0.4, 0.5) is 4.79 Å². The first-order valence-corrected chi connectivity index (χ1v) is 10.2. The number of alkyl carbamates (subject to hydrolysis) is 1. The van der Waals surface area contributed by atoms with Crippen LogP contribution >= 0.6 is 11.6 Å². The van der Waals surface area contributed by atoms with Crippen molar-refractivity contribution in [2.45, 2.75) is 38.1 Å². The van der Waals surface area contributed by atoms with Crippen LogP contribution in [0.5, 0.6) is 0 Å². The molecule has 1 amide bonds. The smallest absolute Gasteiger partial charge is 0.411 e. The number of carbonyl (C=O) groups excluding carboxylic acids is 2. The molecule has 0 fully saturated rings. The summed E-state index contributed by atoms with van der Waals surface area (Å²) in [6.45, 7) is 5.15. The predicted molar refractivity (Wildman–Crippen MR) is 115 cm³/mol. The number of hydrogen-bond acceptors (Lipinski definition) is 5. The third-order valence-corrected chi connectivity index (χ3v) is 4.93. The molecule has 2 aromatic carbocycles. The molecule has 165 valence electrons. The zero-order valence-corrected chi connectivity index (χ0v) is 18.0. The Hall–Kier alpha value is -3.06. The normalized spacial score (nSPS) is 12.5. The molecule has 2 N–H and O–H groups in total. The zero-order chi connectivity index (χ0) is 22.9. The number of amides is 1. The lowest BCUT2D eigenvalue weighted by Gasteiger charge is -2.35. The van der Waals surface area contributed by atoms with Gasteiger partial charge in [0.15, 0.2) is 0 Å². The Labute approximate surface area is 186 Å². The van der Waals surface area contributed by atoms with E-state index in [2.05, 4.69) is 12.2 Å². The van der Waals surface area contributed by atoms with Crippen LogP contribution in [-0.2, 0) is 24.6 Å². The molecule has 2 rings (SSSR count). The molecule has 8 heteroatoms. The Morgan fingerprint density at radius 3 is 2.13 bits per heavy atom. The lowest BCUT2D eigenvalue weighted by Crippen LogP contribution is -2.47. The van der Waals surface area contributed by atoms with Crippen LogP contribution in [0.1, 0.15) is 49.3 Å². The summed E-state index contributed by atoms with van der Waals surface area (Å²) < 4.78 is 9.90. The van der Waals surface area contributed by atoms with Gasteiger partial charge in [0, 0.05) is 17.9 Å². The molecule has 1 radical (unpaired) electrons. The second-order valence-corrected chi connectivity index (χ2v) is 7.38. The summed E-state index contributed by atoms with van der Waals surface area (Å²) in [5.74, 6) is -1.49. The van der Waals surface area contributed by atoms with Gasteiger partial charge < -0.3 is 19.9 Å². The van der Waals surface area contributed by atoms with E-state index in [4.69, 9.17) is 21.1 Å². The summed E-state index contributed by atoms with van der Waals surface area (Å²) in [5.41, 5.74) is 0.803. The molecule has 1 unspecified atom stereocenters. The largest absolute Gasteiger partial charge is 0.481 e. The highest BCUT2D eigenvalue weighted by Crippen LogP contribution is 2.35. The van der Waals surface area contributed by atoms with Gasteiger partial charge in [0.25, 0.3) is 0 Å². The lowest BCUT2D eigenvalue weighted by atomic mass is 9.79. The van der Waals surface area contributed by atoms with Gasteiger partial charge in [-0.05, 0) is 48.6 Å². The molecule has 2 aromatic rings. The molecular weight excluding hydrogens is 422 g/mol. The maximum atomic E-state index is 12.6. The van der Waals surface area contributed by atoms with Gasteiger partial charge in [-0.3, -0.25) is 9.59 Å². The number of carbonyl (C=O) groups is 3. The van der Waals surface area contributed by atoms with E-state index in [1.807, 2.05) is 6.92 Å². The lowest BCUT2D eigenvalue weighted by molar-refractivity contribution is -0.152. The Morgan fingerprint density at radius 2 is 1.58 bits per heavy atom. The molecule has 0 saturated carbocycles. The number of hydrogen-bond donors (Lipinski definition) is 2. The molecule has 0 heterocycles. The van der Waals surface area contributed by atoms with E-state index in [1.165, 1.54) is 0 Å². The topological polar surface area (TPSA) is 102 Å². The number of esters is 1. The number of carboxylic acid groups (broad SMARTS) is 1. The molecule has 1 atom stereocenters. The molecule has 0 aromatic heterocycles. The highest BCUT2D eigenvalue weighted by atomic mass is 35.5. The average molecular weight is 447 g/mol. The van der Waals surface area contributed by atoms with Gasteiger partial charge in [0.05, 0.1) is 5.54 Å². The van der Waals surface area contributed by atoms with Crippen LogP contribution in [0.15, 0.2) is 48.5 Å². The Morgan fingerprint density at radius 1 is 1.00 bits per heavy atom. The molecule has 0 spiro atoms. The van der Waals surface area contributed by atoms with Gasteiger partial charge in [0.1, 0.15) is 0 Å². The van der Waals surface area contributed by atoms with Crippen LogP contribution in [0.3, 0.4) is 0 Å². The van der Waals surface area contributed by atoms with Crippen LogP contribution in [0, 0.1) is 6.92 Å². The number of carboxylic acids is 1. The quantitative estimate of drug-likeness (QED) is 0.406. The summed E-state index contributed by atoms with van der Waals surface area (Å²) in [7, 11) is 0. The van der Waals surface area contributed by atoms with E-state index < -0.39 is 30.4 Å². The number of ether oxygens (including phenoxy) is 2. The second kappa shape index (κ2) is 11.4. The summed E-state index contributed by atoms with van der Waals surface area (Å²) in [6, 6.07) is 13.8. The molecule has 31 heavy (non-hydrogen) atoms. The van der Waals surface area contributed by atoms with Crippen LogP contribution in [0.2, 0.25) is 5.02 Å². The van der Waals surface area contributed by atoms with Crippen molar-refractivity contribution in [1.82, 2.24) is 5.32 Å². The van der Waals surface area contributed by atoms with E-state index in [-0.39, 0.29) is 19.3 Å². The average Bonchev–Trinajstić information content (AvgIpc) is 2.72. The fraction of sp³-hybridized carbons (Fsp3) is 0.304. The number of nitrogens with one attached hydrogen (secondary N) is 1. The van der Waals surface area contributed by atoms with Crippen LogP contribution in [-0.4, -0.2) is 29.9 Å². The number of aliphatic carboxylic acids is 1. The second-order valence-electron chi connectivity index (χ2n) is 6.94. The van der Waals surface area contributed by atoms with Crippen LogP contribution < -0.4 is 5.32 Å². The highest BCUT2D eigenvalue weighted by molar-refractivity contribution is 6.30. The Kier molecular flexibility index (Phi) is 8.88. The standard InChI is InChI=1S/C23H25ClNO6/c1-3-4-21(28)30-15-31-22(29)25-23(14-13-20(26)27,17-7-5-16(2)6-8-17)18-9-11-19(24)12-10-18/h5-12H,2-4,13-15H2,1H3,(H,25,29)(H,26,27). The first-order chi connectivity index (χ1) is 14.8. The van der Waals surface area contributed by atoms with E-state index in [1.54, 1.807) is 48.5 Å². The molecule has 0 aliphatic carbocycles. The van der Waals surface area contributed by atoms with Crippen molar-refractivity contribution < 1.29 is 29.0 Å². The maximum Gasteiger partial charge on any atom is 0.411 e. The van der Waals surface area contributed by atoms with E-state index >= 15 is 0 Å². The van der Waals surface area contributed by atoms with E-state index in [0.717, 1.165) is 5.56 Å². The van der Waals surface area contributed by atoms with Gasteiger partial charge in [-0.15, -0.1) is 0 Å². The fourth-order valence-corrected chi connectivity index (χ4v) is 3.24. The summed E-state index contributed by atoms with van der Waals surface area (Å²) in [6.07, 6.45) is -0.202. The number of halogens is 1. The van der Waals surface area contributed by atoms with Gasteiger partial charge >= 0.3 is 18.0 Å². The molecule has 7 nitrogen and oxygen atoms in total. The third-order valence-electron chi connectivity index (χ3n) is 4.68. The van der Waals surface area contributed by atoms with Crippen molar-refractivity contribution in [3.63, 3.8) is 0 Å². The minimum absolute atomic E-state index is 0.0468. The third kappa shape index (κ3) is 7.00. The fourth-order valence-electron chi connectivity index (χ4n) is 3.12. The first-order valence-electron chi connectivity index (χ1n) is 9.77. The minimum Gasteiger partial charge on any atom is -0.481 e. The first kappa shape index (κ1) is 24.2. The summed E-state index contributed by atoms with van der Waals surface area (Å²) in [4.78, 5) is 35.5. The molecule has 0 saturated heterocycles. The van der Waals surface area contributed by atoms with Crippen molar-refractivity contribution >= 4 is 29.6 Å². The number of rotatable bonds is 10. The molecule has 0 aliphatic heterocycles. The van der Waals surface area contributed by atoms with Crippen molar-refractivity contribution in [2.75, 3.05) is 6.79 Å². The highest BCUT2D eigenvalue weighted by Gasteiger charge is 2.37. The SMILES string of the molecule is [CH2]c1ccc(C(CCC(=O)O)(NC(=O)OCOC(=O)CCC)c2ccc(Cl)cc2)cc1. The van der Waals surface area contributed by atoms with Gasteiger partial charge in [-0.2, -0.15) is 0 Å². The predicted octanol–water partition coefficient (Wildman–Crippen LogP) is 4.66. The number of benzene rings is 2. The Balaban J connectivity index is 2.37. The van der Waals surface area contributed by atoms with Gasteiger partial charge in [-0.1, -0.05) is 54.9 Å². The van der Waals surface area contributed by atoms with Crippen molar-refractivity contribution in [3.05, 3.63) is 77.2 Å². The molecular formula is C23H25ClNO6. The zero-order valence-electron chi connectivity index (χ0n) is 17.2. The minimum atomic E-state index is -1.22. The van der Waals surface area contributed by atoms with Crippen molar-refractivity contribution in [1.29, 1.82) is 0 Å². The maximum absolute atomic E-state index is 12.6.